The standard InChI is InChI=1S/C23H23N3O5S/c1-3-32(28,29)25-18-11-9-16(10-12-18)20-15-21(17-6-4-7-19(14-17)30-2)26(24-20)23(27)22-8-5-13-31-22/h4-14,21,25H,3,15H2,1-2H3/t21-/m0/s1. The number of furan rings is 1. The van der Waals surface area contributed by atoms with E-state index in [9.17, 15) is 13.2 Å². The van der Waals surface area contributed by atoms with Crippen molar-refractivity contribution in [2.75, 3.05) is 17.6 Å². The van der Waals surface area contributed by atoms with Crippen LogP contribution in [0.5, 0.6) is 5.75 Å². The number of hydrazone groups is 1. The number of ether oxygens (including phenoxy) is 1. The fraction of sp³-hybridized carbons (Fsp3) is 0.217. The van der Waals surface area contributed by atoms with Crippen molar-refractivity contribution in [3.8, 4) is 5.75 Å². The number of benzene rings is 2. The summed E-state index contributed by atoms with van der Waals surface area (Å²) < 4.78 is 36.7. The van der Waals surface area contributed by atoms with Gasteiger partial charge in [0, 0.05) is 12.1 Å². The van der Waals surface area contributed by atoms with Crippen LogP contribution in [0.15, 0.2) is 76.4 Å². The van der Waals surface area contributed by atoms with Gasteiger partial charge in [-0.1, -0.05) is 24.3 Å². The minimum absolute atomic E-state index is 0.00642. The molecule has 1 aromatic heterocycles. The summed E-state index contributed by atoms with van der Waals surface area (Å²) in [7, 11) is -1.76. The summed E-state index contributed by atoms with van der Waals surface area (Å²) in [5.41, 5.74) is 2.87. The first-order valence-corrected chi connectivity index (χ1v) is 11.7. The largest absolute Gasteiger partial charge is 0.497 e. The van der Waals surface area contributed by atoms with Gasteiger partial charge in [-0.15, -0.1) is 0 Å². The summed E-state index contributed by atoms with van der Waals surface area (Å²) in [4.78, 5) is 13.1. The lowest BCUT2D eigenvalue weighted by Gasteiger charge is -2.21. The SMILES string of the molecule is CCS(=O)(=O)Nc1ccc(C2=NN(C(=O)c3ccco3)[C@H](c3cccc(OC)c3)C2)cc1. The predicted octanol–water partition coefficient (Wildman–Crippen LogP) is 4.04. The second-order valence-electron chi connectivity index (χ2n) is 7.25. The van der Waals surface area contributed by atoms with Crippen LogP contribution in [0.2, 0.25) is 0 Å². The van der Waals surface area contributed by atoms with Crippen LogP contribution in [-0.4, -0.2) is 37.9 Å². The summed E-state index contributed by atoms with van der Waals surface area (Å²) >= 11 is 0. The van der Waals surface area contributed by atoms with E-state index in [2.05, 4.69) is 9.82 Å². The van der Waals surface area contributed by atoms with Gasteiger partial charge in [-0.2, -0.15) is 5.10 Å². The zero-order valence-electron chi connectivity index (χ0n) is 17.7. The lowest BCUT2D eigenvalue weighted by Crippen LogP contribution is -2.26. The van der Waals surface area contributed by atoms with E-state index in [1.54, 1.807) is 50.4 Å². The third kappa shape index (κ3) is 4.52. The molecule has 3 aromatic rings. The van der Waals surface area contributed by atoms with E-state index in [-0.39, 0.29) is 23.5 Å². The smallest absolute Gasteiger partial charge is 0.310 e. The Balaban J connectivity index is 1.65. The number of methoxy groups -OCH3 is 1. The molecule has 1 aliphatic heterocycles. The number of hydrogen-bond acceptors (Lipinski definition) is 6. The van der Waals surface area contributed by atoms with Crippen LogP contribution in [-0.2, 0) is 10.0 Å². The van der Waals surface area contributed by atoms with E-state index in [0.29, 0.717) is 23.6 Å². The molecule has 2 aromatic carbocycles. The van der Waals surface area contributed by atoms with Crippen molar-refractivity contribution in [2.24, 2.45) is 5.10 Å². The van der Waals surface area contributed by atoms with Gasteiger partial charge in [0.25, 0.3) is 0 Å². The Morgan fingerprint density at radius 3 is 2.62 bits per heavy atom. The zero-order chi connectivity index (χ0) is 22.7. The van der Waals surface area contributed by atoms with Crippen LogP contribution in [0, 0.1) is 0 Å². The number of nitrogens with zero attached hydrogens (tertiary/aromatic N) is 2. The van der Waals surface area contributed by atoms with E-state index in [0.717, 1.165) is 11.1 Å². The molecule has 1 atom stereocenters. The number of nitrogens with one attached hydrogen (secondary N) is 1. The summed E-state index contributed by atoms with van der Waals surface area (Å²) in [6.45, 7) is 1.58. The van der Waals surface area contributed by atoms with Gasteiger partial charge in [-0.25, -0.2) is 13.4 Å². The van der Waals surface area contributed by atoms with Gasteiger partial charge in [-0.05, 0) is 54.4 Å². The Kier molecular flexibility index (Phi) is 6.00. The average Bonchev–Trinajstić information content (AvgIpc) is 3.50. The molecule has 9 heteroatoms. The third-order valence-corrected chi connectivity index (χ3v) is 6.51. The van der Waals surface area contributed by atoms with E-state index in [1.807, 2.05) is 24.3 Å². The van der Waals surface area contributed by atoms with Crippen LogP contribution in [0.3, 0.4) is 0 Å². The van der Waals surface area contributed by atoms with Crippen LogP contribution < -0.4 is 9.46 Å². The Hall–Kier alpha value is -3.59. The first-order chi connectivity index (χ1) is 15.4. The second kappa shape index (κ2) is 8.88. The van der Waals surface area contributed by atoms with E-state index < -0.39 is 10.0 Å². The quantitative estimate of drug-likeness (QED) is 0.582. The van der Waals surface area contributed by atoms with Gasteiger partial charge >= 0.3 is 5.91 Å². The van der Waals surface area contributed by atoms with Gasteiger partial charge in [-0.3, -0.25) is 9.52 Å². The molecule has 32 heavy (non-hydrogen) atoms. The van der Waals surface area contributed by atoms with Crippen molar-refractivity contribution < 1.29 is 22.4 Å². The molecule has 8 nitrogen and oxygen atoms in total. The fourth-order valence-electron chi connectivity index (χ4n) is 3.48. The predicted molar refractivity (Wildman–Crippen MR) is 121 cm³/mol. The minimum Gasteiger partial charge on any atom is -0.497 e. The maximum absolute atomic E-state index is 13.1. The normalized spacial score (nSPS) is 16.0. The third-order valence-electron chi connectivity index (χ3n) is 5.20. The number of sulfonamides is 1. The topological polar surface area (TPSA) is 101 Å². The van der Waals surface area contributed by atoms with Crippen molar-refractivity contribution in [2.45, 2.75) is 19.4 Å². The fourth-order valence-corrected chi connectivity index (χ4v) is 4.12. The first kappa shape index (κ1) is 21.6. The van der Waals surface area contributed by atoms with Crippen LogP contribution in [0.1, 0.15) is 41.1 Å². The highest BCUT2D eigenvalue weighted by Crippen LogP contribution is 2.35. The molecule has 0 saturated carbocycles. The van der Waals surface area contributed by atoms with Gasteiger partial charge in [0.15, 0.2) is 5.76 Å². The molecule has 0 spiro atoms. The summed E-state index contributed by atoms with van der Waals surface area (Å²) in [6, 6.07) is 17.4. The summed E-state index contributed by atoms with van der Waals surface area (Å²) in [5.74, 6) is 0.541. The number of anilines is 1. The highest BCUT2D eigenvalue weighted by Gasteiger charge is 2.35. The Labute approximate surface area is 186 Å². The first-order valence-electron chi connectivity index (χ1n) is 10.1. The van der Waals surface area contributed by atoms with Gasteiger partial charge in [0.05, 0.1) is 30.9 Å². The maximum atomic E-state index is 13.1. The van der Waals surface area contributed by atoms with E-state index >= 15 is 0 Å². The molecule has 0 aliphatic carbocycles. The average molecular weight is 454 g/mol. The molecule has 0 fully saturated rings. The molecular weight excluding hydrogens is 430 g/mol. The van der Waals surface area contributed by atoms with Crippen LogP contribution in [0.4, 0.5) is 5.69 Å². The Morgan fingerprint density at radius 1 is 1.19 bits per heavy atom. The molecule has 2 heterocycles. The summed E-state index contributed by atoms with van der Waals surface area (Å²) in [5, 5.41) is 6.04. The minimum atomic E-state index is -3.36. The van der Waals surface area contributed by atoms with Crippen molar-refractivity contribution in [3.05, 3.63) is 83.8 Å². The van der Waals surface area contributed by atoms with Gasteiger partial charge < -0.3 is 9.15 Å². The lowest BCUT2D eigenvalue weighted by atomic mass is 9.98. The van der Waals surface area contributed by atoms with Crippen molar-refractivity contribution >= 4 is 27.3 Å². The highest BCUT2D eigenvalue weighted by atomic mass is 32.2. The molecule has 4 rings (SSSR count). The van der Waals surface area contributed by atoms with Crippen LogP contribution in [0.25, 0.3) is 0 Å². The maximum Gasteiger partial charge on any atom is 0.310 e. The zero-order valence-corrected chi connectivity index (χ0v) is 18.5. The van der Waals surface area contributed by atoms with Crippen LogP contribution >= 0.6 is 0 Å². The molecule has 1 amide bonds. The number of carbonyl (C=O) groups is 1. The number of hydrogen-bond donors (Lipinski definition) is 1. The van der Waals surface area contributed by atoms with Crippen molar-refractivity contribution in [3.63, 3.8) is 0 Å². The molecule has 1 N–H and O–H groups in total. The Bertz CT molecular complexity index is 1230. The van der Waals surface area contributed by atoms with Crippen molar-refractivity contribution in [1.29, 1.82) is 0 Å². The molecule has 166 valence electrons. The Morgan fingerprint density at radius 2 is 1.97 bits per heavy atom. The molecule has 0 unspecified atom stereocenters. The molecule has 1 aliphatic rings. The highest BCUT2D eigenvalue weighted by molar-refractivity contribution is 7.92. The van der Waals surface area contributed by atoms with E-state index in [1.165, 1.54) is 11.3 Å². The van der Waals surface area contributed by atoms with Crippen molar-refractivity contribution in [1.82, 2.24) is 5.01 Å². The molecular formula is C23H23N3O5S. The summed E-state index contributed by atoms with van der Waals surface area (Å²) in [6.07, 6.45) is 1.93. The number of rotatable bonds is 7. The van der Waals surface area contributed by atoms with Gasteiger partial charge in [0.1, 0.15) is 5.75 Å². The number of carbonyl (C=O) groups excluding carboxylic acids is 1. The molecule has 0 radical (unpaired) electrons. The lowest BCUT2D eigenvalue weighted by molar-refractivity contribution is 0.0678. The monoisotopic (exact) mass is 453 g/mol. The van der Waals surface area contributed by atoms with E-state index in [4.69, 9.17) is 9.15 Å². The molecule has 0 bridgehead atoms. The second-order valence-corrected chi connectivity index (χ2v) is 9.26. The van der Waals surface area contributed by atoms with Gasteiger partial charge in [0.2, 0.25) is 10.0 Å². The molecule has 0 saturated heterocycles. The number of amides is 1.